The molecule has 0 unspecified atom stereocenters. The van der Waals surface area contributed by atoms with Gasteiger partial charge in [-0.25, -0.2) is 0 Å². The molecule has 18 heavy (non-hydrogen) atoms. The van der Waals surface area contributed by atoms with Gasteiger partial charge in [-0.15, -0.1) is 0 Å². The number of ether oxygens (including phenoxy) is 1. The summed E-state index contributed by atoms with van der Waals surface area (Å²) in [6.45, 7) is 4.39. The van der Waals surface area contributed by atoms with Gasteiger partial charge in [0, 0.05) is 18.0 Å². The summed E-state index contributed by atoms with van der Waals surface area (Å²) >= 11 is 0. The molecule has 0 aliphatic rings. The lowest BCUT2D eigenvalue weighted by atomic mass is 9.92. The third kappa shape index (κ3) is 3.98. The number of aliphatic hydroxyl groups is 2. The summed E-state index contributed by atoms with van der Waals surface area (Å²) in [5.74, 6) is 0.835. The van der Waals surface area contributed by atoms with Gasteiger partial charge >= 0.3 is 0 Å². The van der Waals surface area contributed by atoms with Crippen LogP contribution in [0.2, 0.25) is 0 Å². The number of aliphatic hydroxyl groups excluding tert-OH is 2. The van der Waals surface area contributed by atoms with Gasteiger partial charge in [0.05, 0.1) is 20.3 Å². The lowest BCUT2D eigenvalue weighted by Gasteiger charge is -2.27. The van der Waals surface area contributed by atoms with Crippen molar-refractivity contribution >= 4 is 0 Å². The zero-order valence-electron chi connectivity index (χ0n) is 11.3. The molecule has 4 nitrogen and oxygen atoms in total. The highest BCUT2D eigenvalue weighted by molar-refractivity contribution is 5.28. The average Bonchev–Trinajstić information content (AvgIpc) is 2.44. The van der Waals surface area contributed by atoms with Crippen molar-refractivity contribution in [2.75, 3.05) is 26.9 Å². The molecule has 1 aromatic carbocycles. The second-order valence-electron chi connectivity index (χ2n) is 5.00. The lowest BCUT2D eigenvalue weighted by molar-refractivity contribution is 0.0677. The monoisotopic (exact) mass is 253 g/mol. The van der Waals surface area contributed by atoms with Crippen LogP contribution >= 0.6 is 0 Å². The second-order valence-corrected chi connectivity index (χ2v) is 5.00. The van der Waals surface area contributed by atoms with E-state index in [1.807, 2.05) is 31.2 Å². The second kappa shape index (κ2) is 6.73. The smallest absolute Gasteiger partial charge is 0.118 e. The number of hydrogen-bond donors (Lipinski definition) is 3. The van der Waals surface area contributed by atoms with E-state index in [-0.39, 0.29) is 19.3 Å². The van der Waals surface area contributed by atoms with Crippen LogP contribution in [0.25, 0.3) is 0 Å². The minimum Gasteiger partial charge on any atom is -0.497 e. The molecule has 0 aliphatic heterocycles. The van der Waals surface area contributed by atoms with Gasteiger partial charge in [-0.05, 0) is 24.6 Å². The molecule has 0 bridgehead atoms. The molecule has 0 heterocycles. The highest BCUT2D eigenvalue weighted by Crippen LogP contribution is 2.19. The molecule has 0 spiro atoms. The van der Waals surface area contributed by atoms with Crippen LogP contribution < -0.4 is 10.1 Å². The molecule has 0 saturated carbocycles. The first-order valence-electron chi connectivity index (χ1n) is 6.14. The molecule has 0 aromatic heterocycles. The fraction of sp³-hybridized carbons (Fsp3) is 0.571. The number of hydrogen-bond acceptors (Lipinski definition) is 4. The van der Waals surface area contributed by atoms with E-state index in [4.69, 9.17) is 4.74 Å². The van der Waals surface area contributed by atoms with Crippen molar-refractivity contribution in [3.8, 4) is 5.75 Å². The van der Waals surface area contributed by atoms with Crippen LogP contribution in [0, 0.1) is 5.41 Å². The van der Waals surface area contributed by atoms with Crippen LogP contribution in [0.1, 0.15) is 25.5 Å². The van der Waals surface area contributed by atoms with E-state index in [0.29, 0.717) is 6.54 Å². The summed E-state index contributed by atoms with van der Waals surface area (Å²) in [5, 5.41) is 21.8. The maximum atomic E-state index is 9.22. The normalized spacial score (nSPS) is 13.4. The molecular weight excluding hydrogens is 230 g/mol. The van der Waals surface area contributed by atoms with E-state index in [1.165, 1.54) is 0 Å². The Balaban J connectivity index is 2.56. The quantitative estimate of drug-likeness (QED) is 0.686. The Labute approximate surface area is 109 Å². The van der Waals surface area contributed by atoms with E-state index in [0.717, 1.165) is 11.3 Å². The molecule has 0 radical (unpaired) electrons. The Bertz CT molecular complexity index is 347. The maximum Gasteiger partial charge on any atom is 0.118 e. The summed E-state index contributed by atoms with van der Waals surface area (Å²) < 4.78 is 5.11. The van der Waals surface area contributed by atoms with E-state index in [9.17, 15) is 10.2 Å². The Hall–Kier alpha value is -1.10. The molecule has 3 N–H and O–H groups in total. The first-order valence-corrected chi connectivity index (χ1v) is 6.14. The predicted molar refractivity (Wildman–Crippen MR) is 71.7 cm³/mol. The molecular formula is C14H23NO3. The molecule has 1 aromatic rings. The summed E-state index contributed by atoms with van der Waals surface area (Å²) in [6.07, 6.45) is 0. The lowest BCUT2D eigenvalue weighted by Crippen LogP contribution is -2.38. The van der Waals surface area contributed by atoms with Crippen molar-refractivity contribution in [2.24, 2.45) is 5.41 Å². The number of rotatable bonds is 7. The molecule has 0 amide bonds. The topological polar surface area (TPSA) is 61.7 Å². The van der Waals surface area contributed by atoms with Crippen molar-refractivity contribution in [1.82, 2.24) is 5.32 Å². The van der Waals surface area contributed by atoms with E-state index in [2.05, 4.69) is 12.2 Å². The zero-order chi connectivity index (χ0) is 13.6. The van der Waals surface area contributed by atoms with Crippen LogP contribution in [0.4, 0.5) is 0 Å². The first-order chi connectivity index (χ1) is 8.54. The van der Waals surface area contributed by atoms with Crippen molar-refractivity contribution in [2.45, 2.75) is 19.9 Å². The van der Waals surface area contributed by atoms with Crippen molar-refractivity contribution in [3.63, 3.8) is 0 Å². The minimum atomic E-state index is -0.485. The molecule has 1 rings (SSSR count). The molecule has 0 fully saturated rings. The van der Waals surface area contributed by atoms with Crippen LogP contribution in [-0.2, 0) is 0 Å². The van der Waals surface area contributed by atoms with Gasteiger partial charge in [-0.1, -0.05) is 19.1 Å². The van der Waals surface area contributed by atoms with Gasteiger partial charge in [-0.2, -0.15) is 0 Å². The van der Waals surface area contributed by atoms with Crippen LogP contribution in [0.5, 0.6) is 5.75 Å². The van der Waals surface area contributed by atoms with Crippen LogP contribution in [0.3, 0.4) is 0 Å². The highest BCUT2D eigenvalue weighted by Gasteiger charge is 2.22. The Kier molecular flexibility index (Phi) is 5.59. The minimum absolute atomic E-state index is 0.0359. The SMILES string of the molecule is COc1ccc([C@H](C)NCC(C)(CO)CO)cc1. The standard InChI is InChI=1S/C14H23NO3/c1-11(15-8-14(2,9-16)10-17)12-4-6-13(18-3)7-5-12/h4-7,11,15-17H,8-10H2,1-3H3/t11-/m0/s1. The Morgan fingerprint density at radius 1 is 1.22 bits per heavy atom. The molecule has 0 aliphatic carbocycles. The van der Waals surface area contributed by atoms with Gasteiger partial charge in [0.2, 0.25) is 0 Å². The zero-order valence-corrected chi connectivity index (χ0v) is 11.3. The van der Waals surface area contributed by atoms with Crippen molar-refractivity contribution in [1.29, 1.82) is 0 Å². The molecule has 102 valence electrons. The summed E-state index contributed by atoms with van der Waals surface area (Å²) in [7, 11) is 1.64. The summed E-state index contributed by atoms with van der Waals surface area (Å²) in [4.78, 5) is 0. The Morgan fingerprint density at radius 2 is 1.78 bits per heavy atom. The summed E-state index contributed by atoms with van der Waals surface area (Å²) in [6, 6.07) is 8.01. The number of nitrogens with one attached hydrogen (secondary N) is 1. The van der Waals surface area contributed by atoms with Gasteiger partial charge < -0.3 is 20.3 Å². The van der Waals surface area contributed by atoms with E-state index < -0.39 is 5.41 Å². The fourth-order valence-electron chi connectivity index (χ4n) is 1.57. The van der Waals surface area contributed by atoms with E-state index >= 15 is 0 Å². The predicted octanol–water partition coefficient (Wildman–Crippen LogP) is 1.34. The van der Waals surface area contributed by atoms with Gasteiger partial charge in [0.25, 0.3) is 0 Å². The van der Waals surface area contributed by atoms with Crippen molar-refractivity contribution < 1.29 is 14.9 Å². The highest BCUT2D eigenvalue weighted by atomic mass is 16.5. The third-order valence-electron chi connectivity index (χ3n) is 3.21. The van der Waals surface area contributed by atoms with Gasteiger partial charge in [0.15, 0.2) is 0 Å². The molecule has 4 heteroatoms. The molecule has 0 saturated heterocycles. The number of benzene rings is 1. The van der Waals surface area contributed by atoms with Gasteiger partial charge in [0.1, 0.15) is 5.75 Å². The van der Waals surface area contributed by atoms with Crippen LogP contribution in [0.15, 0.2) is 24.3 Å². The summed E-state index contributed by atoms with van der Waals surface area (Å²) in [5.41, 5.74) is 0.662. The Morgan fingerprint density at radius 3 is 2.22 bits per heavy atom. The van der Waals surface area contributed by atoms with Crippen LogP contribution in [-0.4, -0.2) is 37.1 Å². The largest absolute Gasteiger partial charge is 0.497 e. The van der Waals surface area contributed by atoms with E-state index in [1.54, 1.807) is 7.11 Å². The number of methoxy groups -OCH3 is 1. The van der Waals surface area contributed by atoms with Crippen molar-refractivity contribution in [3.05, 3.63) is 29.8 Å². The van der Waals surface area contributed by atoms with Gasteiger partial charge in [-0.3, -0.25) is 0 Å². The average molecular weight is 253 g/mol. The molecule has 1 atom stereocenters. The third-order valence-corrected chi connectivity index (χ3v) is 3.21. The fourth-order valence-corrected chi connectivity index (χ4v) is 1.57. The first kappa shape index (κ1) is 15.0. The maximum absolute atomic E-state index is 9.22.